The van der Waals surface area contributed by atoms with Crippen LogP contribution < -0.4 is 16.6 Å². The zero-order chi connectivity index (χ0) is 13.0. The smallest absolute Gasteiger partial charge is 0.276 e. The number of nitrogen functional groups attached to an aromatic ring is 1. The van der Waals surface area contributed by atoms with Crippen molar-refractivity contribution in [2.24, 2.45) is 5.92 Å². The Morgan fingerprint density at radius 3 is 3.00 bits per heavy atom. The number of likely N-dealkylation sites (tertiary alicyclic amines) is 1. The second kappa shape index (κ2) is 5.86. The van der Waals surface area contributed by atoms with Gasteiger partial charge in [0.2, 0.25) is 0 Å². The van der Waals surface area contributed by atoms with Gasteiger partial charge in [0.25, 0.3) is 5.56 Å². The van der Waals surface area contributed by atoms with Crippen LogP contribution in [0.2, 0.25) is 0 Å². The Balaban J connectivity index is 1.78. The fraction of sp³-hybridized carbons (Fsp3) is 0.667. The molecule has 0 aliphatic carbocycles. The van der Waals surface area contributed by atoms with Crippen molar-refractivity contribution in [3.63, 3.8) is 0 Å². The summed E-state index contributed by atoms with van der Waals surface area (Å²) >= 11 is 0. The SMILES string of the molecule is CC1CCN(CCNc2nc[nH]c(=O)c2N)CC1. The Morgan fingerprint density at radius 1 is 1.56 bits per heavy atom. The number of rotatable bonds is 4. The molecule has 18 heavy (non-hydrogen) atoms. The van der Waals surface area contributed by atoms with Crippen LogP contribution in [0.15, 0.2) is 11.1 Å². The van der Waals surface area contributed by atoms with Crippen LogP contribution in [0.25, 0.3) is 0 Å². The van der Waals surface area contributed by atoms with Gasteiger partial charge in [-0.05, 0) is 31.8 Å². The van der Waals surface area contributed by atoms with E-state index in [1.54, 1.807) is 0 Å². The van der Waals surface area contributed by atoms with Gasteiger partial charge in [-0.25, -0.2) is 4.98 Å². The second-order valence-corrected chi connectivity index (χ2v) is 4.94. The van der Waals surface area contributed by atoms with E-state index in [-0.39, 0.29) is 11.2 Å². The van der Waals surface area contributed by atoms with E-state index < -0.39 is 0 Å². The van der Waals surface area contributed by atoms with E-state index in [0.29, 0.717) is 5.82 Å². The summed E-state index contributed by atoms with van der Waals surface area (Å²) < 4.78 is 0. The highest BCUT2D eigenvalue weighted by molar-refractivity contribution is 5.58. The first-order valence-electron chi connectivity index (χ1n) is 6.46. The van der Waals surface area contributed by atoms with Crippen molar-refractivity contribution >= 4 is 11.5 Å². The average Bonchev–Trinajstić information content (AvgIpc) is 2.37. The maximum Gasteiger partial charge on any atom is 0.276 e. The Morgan fingerprint density at radius 2 is 2.28 bits per heavy atom. The molecule has 0 amide bonds. The van der Waals surface area contributed by atoms with Crippen molar-refractivity contribution in [2.45, 2.75) is 19.8 Å². The number of nitrogens with one attached hydrogen (secondary N) is 2. The third-order valence-electron chi connectivity index (χ3n) is 3.49. The van der Waals surface area contributed by atoms with Gasteiger partial charge in [-0.1, -0.05) is 6.92 Å². The monoisotopic (exact) mass is 251 g/mol. The van der Waals surface area contributed by atoms with Crippen LogP contribution >= 0.6 is 0 Å². The van der Waals surface area contributed by atoms with E-state index in [9.17, 15) is 4.79 Å². The van der Waals surface area contributed by atoms with Crippen LogP contribution in [-0.2, 0) is 0 Å². The molecule has 0 bridgehead atoms. The van der Waals surface area contributed by atoms with Crippen molar-refractivity contribution in [1.29, 1.82) is 0 Å². The predicted octanol–water partition coefficient (Wildman–Crippen LogP) is 0.496. The second-order valence-electron chi connectivity index (χ2n) is 4.94. The number of anilines is 2. The van der Waals surface area contributed by atoms with Crippen molar-refractivity contribution in [2.75, 3.05) is 37.2 Å². The Bertz CT molecular complexity index is 436. The molecule has 0 radical (unpaired) electrons. The number of hydrogen-bond donors (Lipinski definition) is 3. The van der Waals surface area contributed by atoms with E-state index >= 15 is 0 Å². The Hall–Kier alpha value is -1.56. The zero-order valence-electron chi connectivity index (χ0n) is 10.8. The normalized spacial score (nSPS) is 17.8. The van der Waals surface area contributed by atoms with E-state index in [1.165, 1.54) is 19.2 Å². The number of aromatic amines is 1. The molecule has 6 nitrogen and oxygen atoms in total. The molecule has 1 fully saturated rings. The summed E-state index contributed by atoms with van der Waals surface area (Å²) in [6.45, 7) is 6.33. The van der Waals surface area contributed by atoms with E-state index in [2.05, 4.69) is 27.1 Å². The predicted molar refractivity (Wildman–Crippen MR) is 72.6 cm³/mol. The van der Waals surface area contributed by atoms with Crippen molar-refractivity contribution in [3.8, 4) is 0 Å². The molecular weight excluding hydrogens is 230 g/mol. The lowest BCUT2D eigenvalue weighted by Gasteiger charge is -2.30. The minimum atomic E-state index is -0.292. The molecule has 1 aromatic heterocycles. The molecule has 1 aromatic rings. The number of hydrogen-bond acceptors (Lipinski definition) is 5. The number of aromatic nitrogens is 2. The fourth-order valence-electron chi connectivity index (χ4n) is 2.17. The van der Waals surface area contributed by atoms with Gasteiger partial charge in [-0.3, -0.25) is 4.79 Å². The van der Waals surface area contributed by atoms with E-state index in [0.717, 1.165) is 32.1 Å². The highest BCUT2D eigenvalue weighted by atomic mass is 16.1. The molecule has 100 valence electrons. The lowest BCUT2D eigenvalue weighted by molar-refractivity contribution is 0.199. The Kier molecular flexibility index (Phi) is 4.19. The van der Waals surface area contributed by atoms with Crippen LogP contribution in [-0.4, -0.2) is 41.0 Å². The molecule has 2 rings (SSSR count). The van der Waals surface area contributed by atoms with Gasteiger partial charge in [0.05, 0.1) is 6.33 Å². The molecule has 6 heteroatoms. The van der Waals surface area contributed by atoms with Gasteiger partial charge in [0.15, 0.2) is 5.82 Å². The summed E-state index contributed by atoms with van der Waals surface area (Å²) in [6, 6.07) is 0. The molecule has 0 aromatic carbocycles. The van der Waals surface area contributed by atoms with E-state index in [4.69, 9.17) is 5.73 Å². The fourth-order valence-corrected chi connectivity index (χ4v) is 2.17. The molecule has 4 N–H and O–H groups in total. The molecule has 1 aliphatic heterocycles. The van der Waals surface area contributed by atoms with Gasteiger partial charge < -0.3 is 20.9 Å². The highest BCUT2D eigenvalue weighted by Crippen LogP contribution is 2.15. The Labute approximate surface area is 107 Å². The number of nitrogens with zero attached hydrogens (tertiary/aromatic N) is 2. The number of nitrogens with two attached hydrogens (primary N) is 1. The third kappa shape index (κ3) is 3.22. The van der Waals surface area contributed by atoms with Crippen molar-refractivity contribution < 1.29 is 0 Å². The van der Waals surface area contributed by atoms with Crippen LogP contribution in [0.5, 0.6) is 0 Å². The van der Waals surface area contributed by atoms with Crippen LogP contribution in [0.4, 0.5) is 11.5 Å². The quantitative estimate of drug-likeness (QED) is 0.725. The summed E-state index contributed by atoms with van der Waals surface area (Å²) in [7, 11) is 0. The van der Waals surface area contributed by atoms with Gasteiger partial charge in [0, 0.05) is 13.1 Å². The van der Waals surface area contributed by atoms with Crippen LogP contribution in [0.3, 0.4) is 0 Å². The van der Waals surface area contributed by atoms with Crippen LogP contribution in [0, 0.1) is 5.92 Å². The first-order chi connectivity index (χ1) is 8.66. The summed E-state index contributed by atoms with van der Waals surface area (Å²) in [6.07, 6.45) is 3.90. The minimum absolute atomic E-state index is 0.157. The molecule has 1 aliphatic rings. The molecule has 0 saturated carbocycles. The zero-order valence-corrected chi connectivity index (χ0v) is 10.8. The summed E-state index contributed by atoms with van der Waals surface area (Å²) in [5, 5.41) is 3.11. The minimum Gasteiger partial charge on any atom is -0.391 e. The summed E-state index contributed by atoms with van der Waals surface area (Å²) in [5.74, 6) is 1.32. The van der Waals surface area contributed by atoms with Crippen molar-refractivity contribution in [3.05, 3.63) is 16.7 Å². The molecule has 0 atom stereocenters. The average molecular weight is 251 g/mol. The van der Waals surface area contributed by atoms with Gasteiger partial charge >= 0.3 is 0 Å². The number of piperidine rings is 1. The summed E-state index contributed by atoms with van der Waals surface area (Å²) in [5.41, 5.74) is 5.50. The topological polar surface area (TPSA) is 87.0 Å². The first-order valence-corrected chi connectivity index (χ1v) is 6.46. The standard InChI is InChI=1S/C12H21N5O/c1-9-2-5-17(6-3-9)7-4-14-11-10(13)12(18)16-8-15-11/h8-9H,2-7,13H2,1H3,(H2,14,15,16,18). The maximum atomic E-state index is 11.3. The lowest BCUT2D eigenvalue weighted by Crippen LogP contribution is -2.36. The first kappa shape index (κ1) is 12.9. The molecule has 0 spiro atoms. The van der Waals surface area contributed by atoms with E-state index in [1.807, 2.05) is 0 Å². The highest BCUT2D eigenvalue weighted by Gasteiger charge is 2.15. The van der Waals surface area contributed by atoms with Gasteiger partial charge in [0.1, 0.15) is 5.69 Å². The number of H-pyrrole nitrogens is 1. The molecular formula is C12H21N5O. The lowest BCUT2D eigenvalue weighted by atomic mass is 9.99. The third-order valence-corrected chi connectivity index (χ3v) is 3.49. The molecule has 0 unspecified atom stereocenters. The van der Waals surface area contributed by atoms with Crippen LogP contribution in [0.1, 0.15) is 19.8 Å². The molecule has 1 saturated heterocycles. The largest absolute Gasteiger partial charge is 0.391 e. The van der Waals surface area contributed by atoms with Crippen molar-refractivity contribution in [1.82, 2.24) is 14.9 Å². The van der Waals surface area contributed by atoms with Gasteiger partial charge in [-0.2, -0.15) is 0 Å². The molecule has 2 heterocycles. The van der Waals surface area contributed by atoms with Gasteiger partial charge in [-0.15, -0.1) is 0 Å². The summed E-state index contributed by atoms with van der Waals surface area (Å²) in [4.78, 5) is 20.2. The maximum absolute atomic E-state index is 11.3.